The Bertz CT molecular complexity index is 328. The summed E-state index contributed by atoms with van der Waals surface area (Å²) in [6.45, 7) is 3.04. The van der Waals surface area contributed by atoms with E-state index in [1.165, 1.54) is 0 Å². The Kier molecular flexibility index (Phi) is 5.63. The van der Waals surface area contributed by atoms with Gasteiger partial charge in [0.25, 0.3) is 0 Å². The Morgan fingerprint density at radius 1 is 1.47 bits per heavy atom. The SMILES string of the molecule is CCOCCC(=O)Nc1ccccc1I. The van der Waals surface area contributed by atoms with Gasteiger partial charge in [-0.25, -0.2) is 0 Å². The molecule has 0 aliphatic rings. The Morgan fingerprint density at radius 3 is 2.87 bits per heavy atom. The van der Waals surface area contributed by atoms with Crippen molar-refractivity contribution in [1.82, 2.24) is 0 Å². The molecule has 0 saturated heterocycles. The van der Waals surface area contributed by atoms with Crippen LogP contribution in [0.15, 0.2) is 24.3 Å². The fourth-order valence-electron chi connectivity index (χ4n) is 1.08. The lowest BCUT2D eigenvalue weighted by molar-refractivity contribution is -0.117. The summed E-state index contributed by atoms with van der Waals surface area (Å²) in [6, 6.07) is 7.69. The van der Waals surface area contributed by atoms with Crippen molar-refractivity contribution in [1.29, 1.82) is 0 Å². The van der Waals surface area contributed by atoms with Gasteiger partial charge in [-0.15, -0.1) is 0 Å². The molecule has 0 spiro atoms. The first kappa shape index (κ1) is 12.4. The maximum atomic E-state index is 11.4. The van der Waals surface area contributed by atoms with Crippen LogP contribution in [0, 0.1) is 3.57 Å². The summed E-state index contributed by atoms with van der Waals surface area (Å²) >= 11 is 2.19. The van der Waals surface area contributed by atoms with Crippen molar-refractivity contribution in [2.45, 2.75) is 13.3 Å². The Hall–Kier alpha value is -0.620. The molecular formula is C11H14INO2. The fourth-order valence-corrected chi connectivity index (χ4v) is 1.61. The van der Waals surface area contributed by atoms with E-state index in [-0.39, 0.29) is 5.91 Å². The molecule has 1 rings (SSSR count). The van der Waals surface area contributed by atoms with Crippen LogP contribution in [0.2, 0.25) is 0 Å². The maximum absolute atomic E-state index is 11.4. The van der Waals surface area contributed by atoms with Crippen LogP contribution in [0.4, 0.5) is 5.69 Å². The van der Waals surface area contributed by atoms with Gasteiger partial charge in [-0.1, -0.05) is 12.1 Å². The summed E-state index contributed by atoms with van der Waals surface area (Å²) in [5.74, 6) is -0.00688. The largest absolute Gasteiger partial charge is 0.381 e. The van der Waals surface area contributed by atoms with Crippen molar-refractivity contribution in [3.05, 3.63) is 27.8 Å². The van der Waals surface area contributed by atoms with Crippen LogP contribution in [0.3, 0.4) is 0 Å². The molecule has 0 bridgehead atoms. The molecule has 0 heterocycles. The zero-order chi connectivity index (χ0) is 11.1. The van der Waals surface area contributed by atoms with Crippen LogP contribution in [0.25, 0.3) is 0 Å². The molecule has 0 unspecified atom stereocenters. The topological polar surface area (TPSA) is 38.3 Å². The van der Waals surface area contributed by atoms with Crippen molar-refractivity contribution in [3.8, 4) is 0 Å². The van der Waals surface area contributed by atoms with Crippen LogP contribution in [-0.2, 0) is 9.53 Å². The smallest absolute Gasteiger partial charge is 0.226 e. The van der Waals surface area contributed by atoms with Crippen molar-refractivity contribution >= 4 is 34.2 Å². The molecular weight excluding hydrogens is 305 g/mol. The highest BCUT2D eigenvalue weighted by Crippen LogP contribution is 2.16. The van der Waals surface area contributed by atoms with E-state index in [0.717, 1.165) is 9.26 Å². The Morgan fingerprint density at radius 2 is 2.20 bits per heavy atom. The molecule has 0 atom stereocenters. The van der Waals surface area contributed by atoms with Crippen molar-refractivity contribution in [2.24, 2.45) is 0 Å². The standard InChI is InChI=1S/C11H14INO2/c1-2-15-8-7-11(14)13-10-6-4-3-5-9(10)12/h3-6H,2,7-8H2,1H3,(H,13,14). The zero-order valence-corrected chi connectivity index (χ0v) is 10.8. The number of para-hydroxylation sites is 1. The molecule has 1 N–H and O–H groups in total. The number of benzene rings is 1. The van der Waals surface area contributed by atoms with E-state index in [2.05, 4.69) is 27.9 Å². The van der Waals surface area contributed by atoms with Crippen LogP contribution >= 0.6 is 22.6 Å². The second kappa shape index (κ2) is 6.79. The number of nitrogens with one attached hydrogen (secondary N) is 1. The minimum absolute atomic E-state index is 0.00688. The highest BCUT2D eigenvalue weighted by Gasteiger charge is 2.03. The first-order valence-electron chi connectivity index (χ1n) is 4.86. The number of halogens is 1. The summed E-state index contributed by atoms with van der Waals surface area (Å²) < 4.78 is 6.15. The van der Waals surface area contributed by atoms with Gasteiger partial charge in [-0.2, -0.15) is 0 Å². The molecule has 3 nitrogen and oxygen atoms in total. The van der Waals surface area contributed by atoms with Gasteiger partial charge in [0.05, 0.1) is 18.7 Å². The molecule has 0 fully saturated rings. The predicted molar refractivity (Wildman–Crippen MR) is 68.9 cm³/mol. The average Bonchev–Trinajstić information content (AvgIpc) is 2.22. The quantitative estimate of drug-likeness (QED) is 0.669. The molecule has 1 aromatic carbocycles. The molecule has 4 heteroatoms. The molecule has 0 radical (unpaired) electrons. The number of hydrogen-bond donors (Lipinski definition) is 1. The first-order valence-corrected chi connectivity index (χ1v) is 5.94. The second-order valence-electron chi connectivity index (χ2n) is 2.97. The van der Waals surface area contributed by atoms with Gasteiger partial charge in [0, 0.05) is 10.2 Å². The highest BCUT2D eigenvalue weighted by molar-refractivity contribution is 14.1. The predicted octanol–water partition coefficient (Wildman–Crippen LogP) is 2.66. The van der Waals surface area contributed by atoms with Crippen molar-refractivity contribution in [2.75, 3.05) is 18.5 Å². The van der Waals surface area contributed by atoms with Gasteiger partial charge < -0.3 is 10.1 Å². The van der Waals surface area contributed by atoms with E-state index in [0.29, 0.717) is 19.6 Å². The lowest BCUT2D eigenvalue weighted by Crippen LogP contribution is -2.14. The number of amides is 1. The zero-order valence-electron chi connectivity index (χ0n) is 8.63. The van der Waals surface area contributed by atoms with Gasteiger partial charge in [0.2, 0.25) is 5.91 Å². The fraction of sp³-hybridized carbons (Fsp3) is 0.364. The van der Waals surface area contributed by atoms with Gasteiger partial charge in [0.1, 0.15) is 0 Å². The summed E-state index contributed by atoms with van der Waals surface area (Å²) in [5, 5.41) is 2.84. The molecule has 1 amide bonds. The molecule has 82 valence electrons. The van der Waals surface area contributed by atoms with Crippen molar-refractivity contribution < 1.29 is 9.53 Å². The third kappa shape index (κ3) is 4.61. The third-order valence-corrected chi connectivity index (χ3v) is 2.77. The minimum Gasteiger partial charge on any atom is -0.381 e. The van der Waals surface area contributed by atoms with E-state index < -0.39 is 0 Å². The maximum Gasteiger partial charge on any atom is 0.226 e. The van der Waals surface area contributed by atoms with Gasteiger partial charge in [0.15, 0.2) is 0 Å². The van der Waals surface area contributed by atoms with E-state index in [1.807, 2.05) is 31.2 Å². The second-order valence-corrected chi connectivity index (χ2v) is 4.14. The Balaban J connectivity index is 2.41. The van der Waals surface area contributed by atoms with Gasteiger partial charge in [-0.3, -0.25) is 4.79 Å². The average molecular weight is 319 g/mol. The van der Waals surface area contributed by atoms with Crippen LogP contribution in [0.1, 0.15) is 13.3 Å². The van der Waals surface area contributed by atoms with E-state index in [1.54, 1.807) is 0 Å². The molecule has 0 aromatic heterocycles. The van der Waals surface area contributed by atoms with Crippen molar-refractivity contribution in [3.63, 3.8) is 0 Å². The number of carbonyl (C=O) groups is 1. The first-order chi connectivity index (χ1) is 7.24. The lowest BCUT2D eigenvalue weighted by Gasteiger charge is -2.06. The van der Waals surface area contributed by atoms with Gasteiger partial charge in [-0.05, 0) is 41.6 Å². The summed E-state index contributed by atoms with van der Waals surface area (Å²) in [6.07, 6.45) is 0.402. The number of ether oxygens (including phenoxy) is 1. The number of hydrogen-bond acceptors (Lipinski definition) is 2. The number of rotatable bonds is 5. The molecule has 15 heavy (non-hydrogen) atoms. The van der Waals surface area contributed by atoms with Crippen LogP contribution < -0.4 is 5.32 Å². The van der Waals surface area contributed by atoms with Crippen LogP contribution in [0.5, 0.6) is 0 Å². The van der Waals surface area contributed by atoms with E-state index in [4.69, 9.17) is 4.74 Å². The highest BCUT2D eigenvalue weighted by atomic mass is 127. The molecule has 1 aromatic rings. The molecule has 0 aliphatic heterocycles. The monoisotopic (exact) mass is 319 g/mol. The lowest BCUT2D eigenvalue weighted by atomic mass is 10.3. The molecule has 0 saturated carbocycles. The third-order valence-electron chi connectivity index (χ3n) is 1.83. The number of anilines is 1. The van der Waals surface area contributed by atoms with E-state index in [9.17, 15) is 4.79 Å². The minimum atomic E-state index is -0.00688. The normalized spacial score (nSPS) is 10.0. The summed E-state index contributed by atoms with van der Waals surface area (Å²) in [5.41, 5.74) is 0.861. The van der Waals surface area contributed by atoms with Gasteiger partial charge >= 0.3 is 0 Å². The molecule has 0 aliphatic carbocycles. The number of carbonyl (C=O) groups excluding carboxylic acids is 1. The summed E-state index contributed by atoms with van der Waals surface area (Å²) in [4.78, 5) is 11.4. The van der Waals surface area contributed by atoms with E-state index >= 15 is 0 Å². The Labute approximate surface area is 103 Å². The van der Waals surface area contributed by atoms with Crippen LogP contribution in [-0.4, -0.2) is 19.1 Å². The summed E-state index contributed by atoms with van der Waals surface area (Å²) in [7, 11) is 0.